The van der Waals surface area contributed by atoms with Gasteiger partial charge in [-0.1, -0.05) is 0 Å². The fourth-order valence-corrected chi connectivity index (χ4v) is 3.36. The normalized spacial score (nSPS) is 11.1. The average Bonchev–Trinajstić information content (AvgIpc) is 2.86. The van der Waals surface area contributed by atoms with Gasteiger partial charge in [0.25, 0.3) is 11.5 Å². The third-order valence-electron chi connectivity index (χ3n) is 4.78. The van der Waals surface area contributed by atoms with Gasteiger partial charge in [0, 0.05) is 41.6 Å². The summed E-state index contributed by atoms with van der Waals surface area (Å²) in [6.07, 6.45) is 0. The second kappa shape index (κ2) is 6.24. The van der Waals surface area contributed by atoms with Crippen molar-refractivity contribution in [3.63, 3.8) is 0 Å². The van der Waals surface area contributed by atoms with E-state index >= 15 is 0 Å². The van der Waals surface area contributed by atoms with Crippen molar-refractivity contribution in [3.05, 3.63) is 63.2 Å². The molecule has 3 aromatic rings. The molecule has 130 valence electrons. The molecule has 0 aliphatic carbocycles. The Hall–Kier alpha value is -2.82. The number of hydrogen-bond donors (Lipinski definition) is 1. The van der Waals surface area contributed by atoms with Gasteiger partial charge in [-0.25, -0.2) is 0 Å². The summed E-state index contributed by atoms with van der Waals surface area (Å²) in [6, 6.07) is 9.77. The van der Waals surface area contributed by atoms with Gasteiger partial charge in [0.1, 0.15) is 5.56 Å². The molecule has 5 nitrogen and oxygen atoms in total. The van der Waals surface area contributed by atoms with E-state index in [0.717, 1.165) is 23.1 Å². The second-order valence-corrected chi connectivity index (χ2v) is 6.47. The van der Waals surface area contributed by atoms with Crippen LogP contribution in [-0.4, -0.2) is 15.0 Å². The molecular weight excluding hydrogens is 314 g/mol. The summed E-state index contributed by atoms with van der Waals surface area (Å²) >= 11 is 0. The van der Waals surface area contributed by atoms with Gasteiger partial charge >= 0.3 is 0 Å². The van der Waals surface area contributed by atoms with Crippen molar-refractivity contribution in [1.82, 2.24) is 9.13 Å². The molecule has 0 bridgehead atoms. The summed E-state index contributed by atoms with van der Waals surface area (Å²) in [5.74, 6) is -0.371. The zero-order chi connectivity index (χ0) is 18.3. The van der Waals surface area contributed by atoms with Crippen LogP contribution in [0, 0.1) is 20.8 Å². The first-order valence-corrected chi connectivity index (χ1v) is 8.42. The van der Waals surface area contributed by atoms with Crippen molar-refractivity contribution in [3.8, 4) is 0 Å². The number of aryl methyl sites for hydroxylation is 4. The van der Waals surface area contributed by atoms with Crippen molar-refractivity contribution < 1.29 is 4.79 Å². The van der Waals surface area contributed by atoms with Gasteiger partial charge in [-0.3, -0.25) is 9.59 Å². The topological polar surface area (TPSA) is 56.0 Å². The molecule has 1 aromatic carbocycles. The number of nitrogens with zero attached hydrogens (tertiary/aromatic N) is 2. The van der Waals surface area contributed by atoms with Crippen LogP contribution in [0.3, 0.4) is 0 Å². The number of rotatable bonds is 3. The van der Waals surface area contributed by atoms with Crippen molar-refractivity contribution >= 4 is 22.5 Å². The van der Waals surface area contributed by atoms with Gasteiger partial charge in [0.2, 0.25) is 0 Å². The molecule has 1 N–H and O–H groups in total. The van der Waals surface area contributed by atoms with Crippen molar-refractivity contribution in [2.24, 2.45) is 7.05 Å². The number of hydrogen-bond acceptors (Lipinski definition) is 2. The van der Waals surface area contributed by atoms with Crippen LogP contribution >= 0.6 is 0 Å². The zero-order valence-corrected chi connectivity index (χ0v) is 15.3. The summed E-state index contributed by atoms with van der Waals surface area (Å²) in [6.45, 7) is 8.72. The largest absolute Gasteiger partial charge is 0.345 e. The SMILES string of the molecule is CCn1c(C)cc2cc(NC(=O)c3c(C)cc(C)n(C)c3=O)ccc21. The smallest absolute Gasteiger partial charge is 0.263 e. The second-order valence-electron chi connectivity index (χ2n) is 6.47. The van der Waals surface area contributed by atoms with Crippen LogP contribution in [0.15, 0.2) is 35.1 Å². The first-order chi connectivity index (χ1) is 11.8. The lowest BCUT2D eigenvalue weighted by molar-refractivity contribution is 0.102. The summed E-state index contributed by atoms with van der Waals surface area (Å²) in [5.41, 5.74) is 4.45. The van der Waals surface area contributed by atoms with Crippen LogP contribution < -0.4 is 10.9 Å². The van der Waals surface area contributed by atoms with Crippen LogP contribution in [0.4, 0.5) is 5.69 Å². The number of pyridine rings is 1. The Bertz CT molecular complexity index is 1040. The first-order valence-electron chi connectivity index (χ1n) is 8.42. The van der Waals surface area contributed by atoms with Gasteiger partial charge in [-0.2, -0.15) is 0 Å². The van der Waals surface area contributed by atoms with E-state index in [-0.39, 0.29) is 17.0 Å². The van der Waals surface area contributed by atoms with E-state index in [1.807, 2.05) is 31.2 Å². The van der Waals surface area contributed by atoms with E-state index in [9.17, 15) is 9.59 Å². The summed E-state index contributed by atoms with van der Waals surface area (Å²) in [4.78, 5) is 25.1. The van der Waals surface area contributed by atoms with E-state index in [1.165, 1.54) is 10.3 Å². The third kappa shape index (κ3) is 2.86. The maximum Gasteiger partial charge on any atom is 0.263 e. The summed E-state index contributed by atoms with van der Waals surface area (Å²) < 4.78 is 3.72. The van der Waals surface area contributed by atoms with E-state index < -0.39 is 0 Å². The Morgan fingerprint density at radius 1 is 1.08 bits per heavy atom. The van der Waals surface area contributed by atoms with Crippen LogP contribution in [0.25, 0.3) is 10.9 Å². The molecule has 0 aliphatic heterocycles. The summed E-state index contributed by atoms with van der Waals surface area (Å²) in [7, 11) is 1.68. The van der Waals surface area contributed by atoms with Crippen LogP contribution in [0.2, 0.25) is 0 Å². The molecule has 5 heteroatoms. The van der Waals surface area contributed by atoms with Crippen LogP contribution in [-0.2, 0) is 13.6 Å². The fraction of sp³-hybridized carbons (Fsp3) is 0.300. The molecule has 0 saturated carbocycles. The number of benzene rings is 1. The van der Waals surface area contributed by atoms with Gasteiger partial charge in [0.15, 0.2) is 0 Å². The number of carbonyl (C=O) groups is 1. The molecular formula is C20H23N3O2. The van der Waals surface area contributed by atoms with Crippen LogP contribution in [0.5, 0.6) is 0 Å². The van der Waals surface area contributed by atoms with Gasteiger partial charge in [-0.05, 0) is 63.6 Å². The molecule has 0 atom stereocenters. The van der Waals surface area contributed by atoms with E-state index in [2.05, 4.69) is 29.8 Å². The summed E-state index contributed by atoms with van der Waals surface area (Å²) in [5, 5.41) is 3.94. The van der Waals surface area contributed by atoms with Gasteiger partial charge in [0.05, 0.1) is 0 Å². The number of carbonyl (C=O) groups excluding carboxylic acids is 1. The maximum absolute atomic E-state index is 12.7. The molecule has 1 amide bonds. The fourth-order valence-electron chi connectivity index (χ4n) is 3.36. The molecule has 0 radical (unpaired) electrons. The molecule has 0 saturated heterocycles. The lowest BCUT2D eigenvalue weighted by Gasteiger charge is -2.11. The van der Waals surface area contributed by atoms with Crippen molar-refractivity contribution in [2.75, 3.05) is 5.32 Å². The van der Waals surface area contributed by atoms with E-state index in [4.69, 9.17) is 0 Å². The molecule has 3 rings (SSSR count). The first kappa shape index (κ1) is 17.0. The zero-order valence-electron chi connectivity index (χ0n) is 15.3. The monoisotopic (exact) mass is 337 g/mol. The number of aromatic nitrogens is 2. The quantitative estimate of drug-likeness (QED) is 0.795. The highest BCUT2D eigenvalue weighted by molar-refractivity contribution is 6.05. The Labute approximate surface area is 146 Å². The molecule has 25 heavy (non-hydrogen) atoms. The minimum Gasteiger partial charge on any atom is -0.345 e. The Morgan fingerprint density at radius 3 is 2.48 bits per heavy atom. The Kier molecular flexibility index (Phi) is 4.25. The number of amides is 1. The highest BCUT2D eigenvalue weighted by atomic mass is 16.2. The lowest BCUT2D eigenvalue weighted by Crippen LogP contribution is -2.30. The number of fused-ring (bicyclic) bond motifs is 1. The van der Waals surface area contributed by atoms with Crippen molar-refractivity contribution in [2.45, 2.75) is 34.2 Å². The predicted octanol–water partition coefficient (Wildman–Crippen LogP) is 3.54. The van der Waals surface area contributed by atoms with Gasteiger partial charge < -0.3 is 14.5 Å². The Morgan fingerprint density at radius 2 is 1.80 bits per heavy atom. The molecule has 2 heterocycles. The molecule has 0 fully saturated rings. The van der Waals surface area contributed by atoms with E-state index in [1.54, 1.807) is 14.0 Å². The average molecular weight is 337 g/mol. The standard InChI is InChI=1S/C20H23N3O2/c1-6-23-14(4)10-15-11-16(7-8-17(15)23)21-19(24)18-12(2)9-13(3)22(5)20(18)25/h7-11H,6H2,1-5H3,(H,21,24). The molecule has 0 spiro atoms. The third-order valence-corrected chi connectivity index (χ3v) is 4.78. The number of anilines is 1. The Balaban J connectivity index is 1.98. The lowest BCUT2D eigenvalue weighted by atomic mass is 10.1. The molecule has 0 unspecified atom stereocenters. The minimum atomic E-state index is -0.371. The molecule has 2 aromatic heterocycles. The molecule has 0 aliphatic rings. The highest BCUT2D eigenvalue weighted by Crippen LogP contribution is 2.23. The van der Waals surface area contributed by atoms with Gasteiger partial charge in [-0.15, -0.1) is 0 Å². The maximum atomic E-state index is 12.7. The van der Waals surface area contributed by atoms with Crippen LogP contribution in [0.1, 0.15) is 34.2 Å². The highest BCUT2D eigenvalue weighted by Gasteiger charge is 2.17. The predicted molar refractivity (Wildman–Crippen MR) is 101 cm³/mol. The van der Waals surface area contributed by atoms with E-state index in [0.29, 0.717) is 11.3 Å². The minimum absolute atomic E-state index is 0.190. The van der Waals surface area contributed by atoms with Crippen molar-refractivity contribution in [1.29, 1.82) is 0 Å². The number of nitrogens with one attached hydrogen (secondary N) is 1.